The van der Waals surface area contributed by atoms with Crippen LogP contribution in [0.5, 0.6) is 11.5 Å². The molecule has 2 aromatic carbocycles. The lowest BCUT2D eigenvalue weighted by molar-refractivity contribution is -0.123. The van der Waals surface area contributed by atoms with Crippen LogP contribution in [-0.2, 0) is 11.2 Å². The van der Waals surface area contributed by atoms with Gasteiger partial charge in [-0.25, -0.2) is 0 Å². The number of nitrogens with one attached hydrogen (secondary N) is 2. The Hall–Kier alpha value is -3.75. The van der Waals surface area contributed by atoms with Crippen molar-refractivity contribution in [3.05, 3.63) is 58.1 Å². The Labute approximate surface area is 202 Å². The van der Waals surface area contributed by atoms with E-state index in [9.17, 15) is 20.1 Å². The van der Waals surface area contributed by atoms with Gasteiger partial charge in [-0.15, -0.1) is 0 Å². The quantitative estimate of drug-likeness (QED) is 0.682. The minimum Gasteiger partial charge on any atom is -0.493 e. The van der Waals surface area contributed by atoms with Crippen molar-refractivity contribution >= 4 is 23.4 Å². The van der Waals surface area contributed by atoms with Crippen LogP contribution in [0.25, 0.3) is 0 Å². The summed E-state index contributed by atoms with van der Waals surface area (Å²) in [6, 6.07) is 13.0. The summed E-state index contributed by atoms with van der Waals surface area (Å²) >= 11 is 6.38. The van der Waals surface area contributed by atoms with E-state index in [0.717, 1.165) is 6.42 Å². The van der Waals surface area contributed by atoms with Crippen LogP contribution in [0.1, 0.15) is 47.2 Å². The highest BCUT2D eigenvalue weighted by atomic mass is 35.5. The fourth-order valence-electron chi connectivity index (χ4n) is 3.65. The second-order valence-corrected chi connectivity index (χ2v) is 8.81. The Morgan fingerprint density at radius 3 is 2.44 bits per heavy atom. The molecule has 2 aromatic rings. The summed E-state index contributed by atoms with van der Waals surface area (Å²) < 4.78 is 11.6. The molecule has 8 nitrogen and oxygen atoms in total. The van der Waals surface area contributed by atoms with Gasteiger partial charge in [-0.05, 0) is 61.6 Å². The third-order valence-electron chi connectivity index (χ3n) is 5.79. The lowest BCUT2D eigenvalue weighted by atomic mass is 10.0. The SMILES string of the molecule is N#Cc1ccc2c(c1)C(=O)N[C@H](C(=O)NC1(C#N)CC1)Cc1ccc(c(Cl)c1)OCCCCO2. The molecule has 1 atom stereocenters. The third-order valence-corrected chi connectivity index (χ3v) is 6.09. The Balaban J connectivity index is 1.67. The van der Waals surface area contributed by atoms with Crippen molar-refractivity contribution in [2.45, 2.75) is 43.7 Å². The molecule has 2 aliphatic heterocycles. The van der Waals surface area contributed by atoms with Gasteiger partial charge in [0.1, 0.15) is 23.1 Å². The zero-order valence-electron chi connectivity index (χ0n) is 18.4. The molecule has 2 amide bonds. The van der Waals surface area contributed by atoms with E-state index < -0.39 is 23.4 Å². The number of fused-ring (bicyclic) bond motifs is 10. The first-order valence-corrected chi connectivity index (χ1v) is 11.4. The Bertz CT molecular complexity index is 1200. The second kappa shape index (κ2) is 10.0. The number of amides is 2. The second-order valence-electron chi connectivity index (χ2n) is 8.40. The van der Waals surface area contributed by atoms with E-state index in [1.807, 2.05) is 6.07 Å². The number of hydrogen-bond donors (Lipinski definition) is 2. The lowest BCUT2D eigenvalue weighted by Crippen LogP contribution is -2.51. The highest BCUT2D eigenvalue weighted by Crippen LogP contribution is 2.34. The molecule has 174 valence electrons. The van der Waals surface area contributed by atoms with Gasteiger partial charge in [-0.1, -0.05) is 17.7 Å². The van der Waals surface area contributed by atoms with Gasteiger partial charge in [0, 0.05) is 6.42 Å². The molecule has 2 heterocycles. The Morgan fingerprint density at radius 2 is 1.79 bits per heavy atom. The van der Waals surface area contributed by atoms with E-state index in [1.165, 1.54) is 6.07 Å². The molecule has 1 fully saturated rings. The van der Waals surface area contributed by atoms with Crippen molar-refractivity contribution in [3.63, 3.8) is 0 Å². The van der Waals surface area contributed by atoms with Gasteiger partial charge < -0.3 is 20.1 Å². The number of nitriles is 2. The number of halogens is 1. The molecular formula is C25H23ClN4O4. The summed E-state index contributed by atoms with van der Waals surface area (Å²) in [5.41, 5.74) is 0.288. The fraction of sp³-hybridized carbons (Fsp3) is 0.360. The van der Waals surface area contributed by atoms with Crippen LogP contribution in [0.2, 0.25) is 5.02 Å². The van der Waals surface area contributed by atoms with Crippen LogP contribution >= 0.6 is 11.6 Å². The molecule has 1 saturated carbocycles. The molecule has 2 bridgehead atoms. The summed E-state index contributed by atoms with van der Waals surface area (Å²) in [4.78, 5) is 26.4. The van der Waals surface area contributed by atoms with Crippen molar-refractivity contribution in [3.8, 4) is 23.6 Å². The highest BCUT2D eigenvalue weighted by Gasteiger charge is 2.45. The first-order valence-electron chi connectivity index (χ1n) is 11.1. The number of nitrogens with zero attached hydrogens (tertiary/aromatic N) is 2. The van der Waals surface area contributed by atoms with Crippen LogP contribution < -0.4 is 20.1 Å². The number of benzene rings is 2. The largest absolute Gasteiger partial charge is 0.493 e. The van der Waals surface area contributed by atoms with Gasteiger partial charge in [0.15, 0.2) is 0 Å². The number of carbonyl (C=O) groups is 2. The van der Waals surface area contributed by atoms with Gasteiger partial charge in [0.05, 0.1) is 41.5 Å². The van der Waals surface area contributed by atoms with Crippen molar-refractivity contribution in [2.24, 2.45) is 0 Å². The zero-order chi connectivity index (χ0) is 24.1. The van der Waals surface area contributed by atoms with E-state index >= 15 is 0 Å². The van der Waals surface area contributed by atoms with Crippen LogP contribution in [0.4, 0.5) is 0 Å². The number of ether oxygens (including phenoxy) is 2. The van der Waals surface area contributed by atoms with Gasteiger partial charge in [-0.3, -0.25) is 9.59 Å². The molecule has 5 rings (SSSR count). The normalized spacial score (nSPS) is 19.3. The lowest BCUT2D eigenvalue weighted by Gasteiger charge is -2.22. The third kappa shape index (κ3) is 5.41. The van der Waals surface area contributed by atoms with Gasteiger partial charge >= 0.3 is 0 Å². The minimum absolute atomic E-state index is 0.146. The molecule has 2 N–H and O–H groups in total. The summed E-state index contributed by atoms with van der Waals surface area (Å²) in [5, 5.41) is 24.6. The summed E-state index contributed by atoms with van der Waals surface area (Å²) in [5.74, 6) is -0.152. The predicted molar refractivity (Wildman–Crippen MR) is 124 cm³/mol. The Morgan fingerprint density at radius 1 is 1.09 bits per heavy atom. The molecular weight excluding hydrogens is 456 g/mol. The molecule has 1 aliphatic carbocycles. The van der Waals surface area contributed by atoms with E-state index in [-0.39, 0.29) is 12.0 Å². The van der Waals surface area contributed by atoms with E-state index in [2.05, 4.69) is 16.7 Å². The van der Waals surface area contributed by atoms with Crippen molar-refractivity contribution in [1.82, 2.24) is 10.6 Å². The van der Waals surface area contributed by atoms with Gasteiger partial charge in [0.2, 0.25) is 5.91 Å². The first-order chi connectivity index (χ1) is 16.4. The fourth-order valence-corrected chi connectivity index (χ4v) is 3.91. The van der Waals surface area contributed by atoms with Gasteiger partial charge in [-0.2, -0.15) is 10.5 Å². The number of rotatable bonds is 2. The predicted octanol–water partition coefficient (Wildman–Crippen LogP) is 3.28. The number of carbonyl (C=O) groups excluding carboxylic acids is 2. The zero-order valence-corrected chi connectivity index (χ0v) is 19.2. The average molecular weight is 479 g/mol. The maximum absolute atomic E-state index is 13.3. The van der Waals surface area contributed by atoms with E-state index in [4.69, 9.17) is 21.1 Å². The van der Waals surface area contributed by atoms with Crippen LogP contribution in [0.3, 0.4) is 0 Å². The van der Waals surface area contributed by atoms with Crippen molar-refractivity contribution < 1.29 is 19.1 Å². The summed E-state index contributed by atoms with van der Waals surface area (Å²) in [6.07, 6.45) is 2.68. The smallest absolute Gasteiger partial charge is 0.255 e. The van der Waals surface area contributed by atoms with Crippen LogP contribution in [0.15, 0.2) is 36.4 Å². The summed E-state index contributed by atoms with van der Waals surface area (Å²) in [7, 11) is 0. The molecule has 0 spiro atoms. The maximum Gasteiger partial charge on any atom is 0.255 e. The average Bonchev–Trinajstić information content (AvgIpc) is 3.61. The molecule has 0 aromatic heterocycles. The van der Waals surface area contributed by atoms with E-state index in [1.54, 1.807) is 30.3 Å². The Kier molecular flexibility index (Phi) is 6.90. The topological polar surface area (TPSA) is 124 Å². The molecule has 0 unspecified atom stereocenters. The number of hydrogen-bond acceptors (Lipinski definition) is 6. The molecule has 3 aliphatic rings. The van der Waals surface area contributed by atoms with Crippen molar-refractivity contribution in [1.29, 1.82) is 10.5 Å². The van der Waals surface area contributed by atoms with E-state index in [0.29, 0.717) is 60.1 Å². The molecule has 34 heavy (non-hydrogen) atoms. The van der Waals surface area contributed by atoms with Gasteiger partial charge in [0.25, 0.3) is 5.91 Å². The monoisotopic (exact) mass is 478 g/mol. The first kappa shape index (κ1) is 23.4. The standard InChI is InChI=1S/C25H23ClN4O4/c26-19-12-16-3-6-22(19)34-10-2-1-9-33-21-5-4-17(14-27)11-18(21)23(31)29-20(13-16)24(32)30-25(15-28)7-8-25/h3-6,11-12,20H,1-2,7-10,13H2,(H,29,31)(H,30,32)/t20-/m0/s1. The van der Waals surface area contributed by atoms with Crippen molar-refractivity contribution in [2.75, 3.05) is 13.2 Å². The highest BCUT2D eigenvalue weighted by molar-refractivity contribution is 6.32. The summed E-state index contributed by atoms with van der Waals surface area (Å²) in [6.45, 7) is 0.793. The van der Waals surface area contributed by atoms with Crippen LogP contribution in [-0.4, -0.2) is 36.6 Å². The molecule has 0 saturated heterocycles. The maximum atomic E-state index is 13.3. The minimum atomic E-state index is -0.979. The molecule has 0 radical (unpaired) electrons. The van der Waals surface area contributed by atoms with Crippen LogP contribution in [0, 0.1) is 22.7 Å². The molecule has 9 heteroatoms.